The first-order valence-electron chi connectivity index (χ1n) is 7.64. The molecular formula is C18H20N2O5. The number of carboxylic acid groups (broad SMARTS) is 1. The van der Waals surface area contributed by atoms with Crippen LogP contribution in [-0.4, -0.2) is 34.9 Å². The van der Waals surface area contributed by atoms with E-state index in [2.05, 4.69) is 10.3 Å². The molecule has 3 N–H and O–H groups in total. The molecule has 2 rings (SSSR count). The molecule has 0 aliphatic rings. The predicted molar refractivity (Wildman–Crippen MR) is 91.1 cm³/mol. The maximum Gasteiger partial charge on any atom is 0.330 e. The molecule has 1 unspecified atom stereocenters. The molecule has 0 bridgehead atoms. The Morgan fingerprint density at radius 2 is 1.76 bits per heavy atom. The maximum atomic E-state index is 12.5. The number of Topliss-reactive ketones (excluding diaryl/α,β-unsaturated/α-hetero) is 1. The Morgan fingerprint density at radius 3 is 2.20 bits per heavy atom. The molecule has 1 aromatic heterocycles. The summed E-state index contributed by atoms with van der Waals surface area (Å²) in [6, 6.07) is 5.17. The zero-order valence-electron chi connectivity index (χ0n) is 14.5. The number of aromatic nitrogens is 1. The van der Waals surface area contributed by atoms with E-state index in [0.29, 0.717) is 28.1 Å². The molecule has 7 heteroatoms. The number of H-pyrrole nitrogens is 1. The van der Waals surface area contributed by atoms with E-state index in [0.717, 1.165) is 0 Å². The number of benzene rings is 1. The summed E-state index contributed by atoms with van der Waals surface area (Å²) >= 11 is 0. The van der Waals surface area contributed by atoms with Crippen molar-refractivity contribution in [2.75, 3.05) is 7.11 Å². The zero-order valence-corrected chi connectivity index (χ0v) is 14.5. The number of carbonyl (C=O) groups excluding carboxylic acids is 2. The second-order valence-electron chi connectivity index (χ2n) is 5.70. The molecule has 25 heavy (non-hydrogen) atoms. The van der Waals surface area contributed by atoms with Crippen LogP contribution in [0.2, 0.25) is 0 Å². The van der Waals surface area contributed by atoms with Crippen molar-refractivity contribution in [1.82, 2.24) is 10.3 Å². The van der Waals surface area contributed by atoms with Gasteiger partial charge in [-0.2, -0.15) is 0 Å². The summed E-state index contributed by atoms with van der Waals surface area (Å²) in [7, 11) is 1.51. The van der Waals surface area contributed by atoms with Crippen molar-refractivity contribution in [2.45, 2.75) is 26.8 Å². The minimum absolute atomic E-state index is 0.157. The Hall–Kier alpha value is -3.09. The van der Waals surface area contributed by atoms with Crippen molar-refractivity contribution in [3.05, 3.63) is 52.3 Å². The Kier molecular flexibility index (Phi) is 5.26. The van der Waals surface area contributed by atoms with Crippen molar-refractivity contribution < 1.29 is 24.2 Å². The van der Waals surface area contributed by atoms with Gasteiger partial charge in [0.05, 0.1) is 7.11 Å². The van der Waals surface area contributed by atoms with E-state index in [4.69, 9.17) is 4.74 Å². The van der Waals surface area contributed by atoms with Gasteiger partial charge >= 0.3 is 5.97 Å². The summed E-state index contributed by atoms with van der Waals surface area (Å²) < 4.78 is 5.04. The number of hydrogen-bond donors (Lipinski definition) is 3. The monoisotopic (exact) mass is 344 g/mol. The highest BCUT2D eigenvalue weighted by Crippen LogP contribution is 2.21. The number of rotatable bonds is 6. The van der Waals surface area contributed by atoms with Gasteiger partial charge in [-0.05, 0) is 44.0 Å². The summed E-state index contributed by atoms with van der Waals surface area (Å²) in [5, 5.41) is 11.9. The van der Waals surface area contributed by atoms with E-state index in [1.54, 1.807) is 38.1 Å². The highest BCUT2D eigenvalue weighted by Gasteiger charge is 2.26. The van der Waals surface area contributed by atoms with Crippen LogP contribution in [0.25, 0.3) is 0 Å². The first-order valence-corrected chi connectivity index (χ1v) is 7.64. The van der Waals surface area contributed by atoms with Gasteiger partial charge < -0.3 is 20.1 Å². The number of aliphatic carboxylic acids is 1. The van der Waals surface area contributed by atoms with Gasteiger partial charge in [0.1, 0.15) is 11.4 Å². The fraction of sp³-hybridized carbons (Fsp3) is 0.278. The summed E-state index contributed by atoms with van der Waals surface area (Å²) in [5.41, 5.74) is 2.12. The molecular weight excluding hydrogens is 324 g/mol. The molecule has 1 atom stereocenters. The number of aryl methyl sites for hydroxylation is 1. The highest BCUT2D eigenvalue weighted by atomic mass is 16.5. The van der Waals surface area contributed by atoms with E-state index >= 15 is 0 Å². The second kappa shape index (κ2) is 7.21. The topological polar surface area (TPSA) is 108 Å². The number of hydrogen-bond acceptors (Lipinski definition) is 4. The molecule has 0 saturated heterocycles. The van der Waals surface area contributed by atoms with Gasteiger partial charge in [-0.25, -0.2) is 4.79 Å². The number of aromatic amines is 1. The van der Waals surface area contributed by atoms with E-state index < -0.39 is 17.9 Å². The lowest BCUT2D eigenvalue weighted by Gasteiger charge is -2.15. The van der Waals surface area contributed by atoms with Gasteiger partial charge in [-0.1, -0.05) is 12.1 Å². The molecule has 0 radical (unpaired) electrons. The smallest absolute Gasteiger partial charge is 0.330 e. The third kappa shape index (κ3) is 3.71. The van der Waals surface area contributed by atoms with Crippen LogP contribution in [0.15, 0.2) is 24.3 Å². The lowest BCUT2D eigenvalue weighted by atomic mass is 10.0. The summed E-state index contributed by atoms with van der Waals surface area (Å²) in [5.74, 6) is -1.35. The van der Waals surface area contributed by atoms with E-state index in [1.807, 2.05) is 0 Å². The van der Waals surface area contributed by atoms with Crippen LogP contribution in [0.5, 0.6) is 5.75 Å². The quantitative estimate of drug-likeness (QED) is 0.697. The Balaban J connectivity index is 2.31. The van der Waals surface area contributed by atoms with Crippen molar-refractivity contribution in [1.29, 1.82) is 0 Å². The molecule has 0 aliphatic carbocycles. The standard InChI is InChI=1S/C18H20N2O5/c1-9-14(11(3)21)10(2)19-15(9)17(22)20-16(18(23)24)12-5-7-13(25-4)8-6-12/h5-8,16,19H,1-4H3,(H,20,22)(H,23,24). The molecule has 132 valence electrons. The van der Waals surface area contributed by atoms with Crippen molar-refractivity contribution >= 4 is 17.7 Å². The van der Waals surface area contributed by atoms with E-state index in [1.165, 1.54) is 14.0 Å². The number of nitrogens with one attached hydrogen (secondary N) is 2. The third-order valence-electron chi connectivity index (χ3n) is 3.99. The highest BCUT2D eigenvalue weighted by molar-refractivity contribution is 6.03. The molecule has 0 fully saturated rings. The minimum atomic E-state index is -1.22. The molecule has 1 aromatic carbocycles. The van der Waals surface area contributed by atoms with Crippen molar-refractivity contribution in [3.8, 4) is 5.75 Å². The second-order valence-corrected chi connectivity index (χ2v) is 5.70. The zero-order chi connectivity index (χ0) is 18.7. The van der Waals surface area contributed by atoms with Crippen LogP contribution in [0, 0.1) is 13.8 Å². The maximum absolute atomic E-state index is 12.5. The van der Waals surface area contributed by atoms with Crippen molar-refractivity contribution in [3.63, 3.8) is 0 Å². The molecule has 2 aromatic rings. The van der Waals surface area contributed by atoms with Gasteiger partial charge in [0.2, 0.25) is 0 Å². The van der Waals surface area contributed by atoms with Crippen LogP contribution in [0.1, 0.15) is 50.6 Å². The Bertz CT molecular complexity index is 821. The van der Waals surface area contributed by atoms with Gasteiger partial charge in [0.15, 0.2) is 11.8 Å². The average Bonchev–Trinajstić information content (AvgIpc) is 2.87. The van der Waals surface area contributed by atoms with Crippen LogP contribution in [0.3, 0.4) is 0 Å². The SMILES string of the molecule is COc1ccc(C(NC(=O)c2[nH]c(C)c(C(C)=O)c2C)C(=O)O)cc1. The Labute approximate surface area is 145 Å². The van der Waals surface area contributed by atoms with Crippen LogP contribution in [-0.2, 0) is 4.79 Å². The number of carbonyl (C=O) groups is 3. The molecule has 1 amide bonds. The largest absolute Gasteiger partial charge is 0.497 e. The minimum Gasteiger partial charge on any atom is -0.497 e. The van der Waals surface area contributed by atoms with E-state index in [-0.39, 0.29) is 11.5 Å². The normalized spacial score (nSPS) is 11.7. The number of carboxylic acids is 1. The van der Waals surface area contributed by atoms with Gasteiger partial charge in [0.25, 0.3) is 5.91 Å². The molecule has 0 saturated carbocycles. The van der Waals surface area contributed by atoms with Crippen molar-refractivity contribution in [2.24, 2.45) is 0 Å². The molecule has 0 spiro atoms. The summed E-state index contributed by atoms with van der Waals surface area (Å²) in [6.07, 6.45) is 0. The number of ether oxygens (including phenoxy) is 1. The van der Waals surface area contributed by atoms with E-state index in [9.17, 15) is 19.5 Å². The lowest BCUT2D eigenvalue weighted by molar-refractivity contribution is -0.139. The molecule has 1 heterocycles. The first-order chi connectivity index (χ1) is 11.8. The van der Waals surface area contributed by atoms with Crippen LogP contribution in [0.4, 0.5) is 0 Å². The number of ketones is 1. The van der Waals surface area contributed by atoms with Gasteiger partial charge in [-0.15, -0.1) is 0 Å². The first kappa shape index (κ1) is 18.3. The van der Waals surface area contributed by atoms with Crippen LogP contribution >= 0.6 is 0 Å². The fourth-order valence-corrected chi connectivity index (χ4v) is 2.79. The van der Waals surface area contributed by atoms with Gasteiger partial charge in [-0.3, -0.25) is 9.59 Å². The molecule has 0 aliphatic heterocycles. The predicted octanol–water partition coefficient (Wildman–Crippen LogP) is 2.40. The molecule has 7 nitrogen and oxygen atoms in total. The number of amides is 1. The Morgan fingerprint density at radius 1 is 1.16 bits per heavy atom. The number of methoxy groups -OCH3 is 1. The summed E-state index contributed by atoms with van der Waals surface area (Å²) in [6.45, 7) is 4.76. The fourth-order valence-electron chi connectivity index (χ4n) is 2.79. The summed E-state index contributed by atoms with van der Waals surface area (Å²) in [4.78, 5) is 38.6. The lowest BCUT2D eigenvalue weighted by Crippen LogP contribution is -2.34. The van der Waals surface area contributed by atoms with Crippen LogP contribution < -0.4 is 10.1 Å². The third-order valence-corrected chi connectivity index (χ3v) is 3.99. The average molecular weight is 344 g/mol. The van der Waals surface area contributed by atoms with Gasteiger partial charge in [0, 0.05) is 11.3 Å².